The molecule has 0 aliphatic rings. The van der Waals surface area contributed by atoms with Crippen molar-refractivity contribution in [1.29, 1.82) is 0 Å². The minimum Gasteiger partial charge on any atom is -0.493 e. The number of hydrogen-bond acceptors (Lipinski definition) is 6. The van der Waals surface area contributed by atoms with Crippen molar-refractivity contribution < 1.29 is 28.5 Å². The highest BCUT2D eigenvalue weighted by atomic mass is 16.5. The molecule has 0 aliphatic heterocycles. The number of methoxy groups -OCH3 is 4. The molecule has 0 saturated heterocycles. The van der Waals surface area contributed by atoms with Crippen LogP contribution in [0.2, 0.25) is 0 Å². The summed E-state index contributed by atoms with van der Waals surface area (Å²) in [6, 6.07) is 10.4. The third-order valence-electron chi connectivity index (χ3n) is 4.00. The summed E-state index contributed by atoms with van der Waals surface area (Å²) in [7, 11) is 5.90. The second-order valence-corrected chi connectivity index (χ2v) is 5.64. The molecule has 0 aromatic heterocycles. The molecule has 2 rings (SSSR count). The lowest BCUT2D eigenvalue weighted by atomic mass is 10.1. The van der Waals surface area contributed by atoms with E-state index in [1.54, 1.807) is 36.4 Å². The average Bonchev–Trinajstić information content (AvgIpc) is 2.71. The van der Waals surface area contributed by atoms with E-state index in [4.69, 9.17) is 14.2 Å². The van der Waals surface area contributed by atoms with Gasteiger partial charge in [-0.3, -0.25) is 4.79 Å². The normalized spacial score (nSPS) is 10.1. The maximum atomic E-state index is 12.3. The van der Waals surface area contributed by atoms with Crippen molar-refractivity contribution in [2.24, 2.45) is 0 Å². The van der Waals surface area contributed by atoms with Crippen LogP contribution in [0.1, 0.15) is 21.5 Å². The number of carbonyl (C=O) groups is 2. The Morgan fingerprint density at radius 1 is 0.852 bits per heavy atom. The summed E-state index contributed by atoms with van der Waals surface area (Å²) in [5.74, 6) is 0.881. The van der Waals surface area contributed by atoms with Crippen LogP contribution in [-0.4, -0.2) is 40.3 Å². The molecule has 0 saturated carbocycles. The molecule has 1 amide bonds. The van der Waals surface area contributed by atoms with Crippen molar-refractivity contribution in [2.75, 3.05) is 28.4 Å². The molecule has 0 fully saturated rings. The van der Waals surface area contributed by atoms with E-state index in [2.05, 4.69) is 10.1 Å². The number of ether oxygens (including phenoxy) is 4. The maximum Gasteiger partial charge on any atom is 0.337 e. The van der Waals surface area contributed by atoms with Crippen LogP contribution in [0.25, 0.3) is 0 Å². The third kappa shape index (κ3) is 4.91. The third-order valence-corrected chi connectivity index (χ3v) is 4.00. The van der Waals surface area contributed by atoms with E-state index in [0.29, 0.717) is 34.9 Å². The van der Waals surface area contributed by atoms with Gasteiger partial charge in [0, 0.05) is 12.1 Å². The first-order valence-electron chi connectivity index (χ1n) is 8.25. The fourth-order valence-electron chi connectivity index (χ4n) is 2.62. The first kappa shape index (κ1) is 20.1. The van der Waals surface area contributed by atoms with Crippen LogP contribution >= 0.6 is 0 Å². The van der Waals surface area contributed by atoms with Crippen molar-refractivity contribution >= 4 is 11.9 Å². The Bertz CT molecular complexity index is 801. The van der Waals surface area contributed by atoms with Gasteiger partial charge in [-0.15, -0.1) is 0 Å². The SMILES string of the molecule is COC(=O)c1ccc(CNC(=O)Cc2ccc(OC)c(OC)c2OC)cc1. The van der Waals surface area contributed by atoms with Gasteiger partial charge < -0.3 is 24.3 Å². The van der Waals surface area contributed by atoms with Crippen molar-refractivity contribution in [3.05, 3.63) is 53.1 Å². The molecule has 0 heterocycles. The van der Waals surface area contributed by atoms with E-state index in [1.165, 1.54) is 28.4 Å². The molecule has 7 nitrogen and oxygen atoms in total. The molecule has 0 radical (unpaired) electrons. The van der Waals surface area contributed by atoms with Crippen LogP contribution in [-0.2, 0) is 22.5 Å². The van der Waals surface area contributed by atoms with E-state index in [1.807, 2.05) is 0 Å². The van der Waals surface area contributed by atoms with E-state index in [9.17, 15) is 9.59 Å². The minimum atomic E-state index is -0.397. The van der Waals surface area contributed by atoms with Gasteiger partial charge in [-0.25, -0.2) is 4.79 Å². The van der Waals surface area contributed by atoms with Crippen LogP contribution in [0.3, 0.4) is 0 Å². The van der Waals surface area contributed by atoms with Gasteiger partial charge in [-0.05, 0) is 23.8 Å². The maximum absolute atomic E-state index is 12.3. The first-order chi connectivity index (χ1) is 13.0. The Labute approximate surface area is 158 Å². The summed E-state index contributed by atoms with van der Waals surface area (Å²) >= 11 is 0. The predicted molar refractivity (Wildman–Crippen MR) is 99.4 cm³/mol. The van der Waals surface area contributed by atoms with Crippen LogP contribution in [0.4, 0.5) is 0 Å². The van der Waals surface area contributed by atoms with Crippen molar-refractivity contribution in [3.63, 3.8) is 0 Å². The lowest BCUT2D eigenvalue weighted by Gasteiger charge is -2.15. The van der Waals surface area contributed by atoms with Gasteiger partial charge in [0.2, 0.25) is 11.7 Å². The quantitative estimate of drug-likeness (QED) is 0.715. The summed E-state index contributed by atoms with van der Waals surface area (Å²) in [4.78, 5) is 23.7. The Hall–Kier alpha value is -3.22. The van der Waals surface area contributed by atoms with Gasteiger partial charge in [-0.2, -0.15) is 0 Å². The Morgan fingerprint density at radius 3 is 2.07 bits per heavy atom. The van der Waals surface area contributed by atoms with Gasteiger partial charge in [0.05, 0.1) is 40.4 Å². The lowest BCUT2D eigenvalue weighted by Crippen LogP contribution is -2.24. The van der Waals surface area contributed by atoms with Gasteiger partial charge in [-0.1, -0.05) is 18.2 Å². The highest BCUT2D eigenvalue weighted by Gasteiger charge is 2.17. The van der Waals surface area contributed by atoms with Crippen LogP contribution in [0.15, 0.2) is 36.4 Å². The monoisotopic (exact) mass is 373 g/mol. The molecule has 0 atom stereocenters. The summed E-state index contributed by atoms with van der Waals surface area (Å²) in [5.41, 5.74) is 2.02. The van der Waals surface area contributed by atoms with Gasteiger partial charge >= 0.3 is 5.97 Å². The van der Waals surface area contributed by atoms with Crippen molar-refractivity contribution in [3.8, 4) is 17.2 Å². The number of nitrogens with one attached hydrogen (secondary N) is 1. The van der Waals surface area contributed by atoms with Crippen LogP contribution < -0.4 is 19.5 Å². The summed E-state index contributed by atoms with van der Waals surface area (Å²) in [6.45, 7) is 0.343. The van der Waals surface area contributed by atoms with E-state index >= 15 is 0 Å². The molecule has 27 heavy (non-hydrogen) atoms. The molecule has 0 bridgehead atoms. The molecular formula is C20H23NO6. The summed E-state index contributed by atoms with van der Waals surface area (Å²) in [6.07, 6.45) is 0.129. The molecule has 144 valence electrons. The fraction of sp³-hybridized carbons (Fsp3) is 0.300. The first-order valence-corrected chi connectivity index (χ1v) is 8.25. The zero-order valence-corrected chi connectivity index (χ0v) is 15.8. The van der Waals surface area contributed by atoms with Crippen LogP contribution in [0.5, 0.6) is 17.2 Å². The topological polar surface area (TPSA) is 83.1 Å². The number of carbonyl (C=O) groups excluding carboxylic acids is 2. The Balaban J connectivity index is 2.02. The summed E-state index contributed by atoms with van der Waals surface area (Å²) in [5, 5.41) is 2.84. The second-order valence-electron chi connectivity index (χ2n) is 5.64. The number of esters is 1. The average molecular weight is 373 g/mol. The van der Waals surface area contributed by atoms with Crippen molar-refractivity contribution in [2.45, 2.75) is 13.0 Å². The zero-order valence-electron chi connectivity index (χ0n) is 15.8. The van der Waals surface area contributed by atoms with Crippen molar-refractivity contribution in [1.82, 2.24) is 5.32 Å². The number of amides is 1. The molecule has 0 unspecified atom stereocenters. The molecule has 1 N–H and O–H groups in total. The Kier molecular flexibility index (Phi) is 7.05. The van der Waals surface area contributed by atoms with E-state index in [-0.39, 0.29) is 12.3 Å². The molecule has 7 heteroatoms. The highest BCUT2D eigenvalue weighted by molar-refractivity contribution is 5.89. The number of benzene rings is 2. The number of rotatable bonds is 8. The molecule has 2 aromatic rings. The van der Waals surface area contributed by atoms with Gasteiger partial charge in [0.25, 0.3) is 0 Å². The van der Waals surface area contributed by atoms with Gasteiger partial charge in [0.15, 0.2) is 11.5 Å². The Morgan fingerprint density at radius 2 is 1.52 bits per heavy atom. The van der Waals surface area contributed by atoms with Crippen LogP contribution in [0, 0.1) is 0 Å². The predicted octanol–water partition coefficient (Wildman–Crippen LogP) is 2.36. The molecule has 2 aromatic carbocycles. The fourth-order valence-corrected chi connectivity index (χ4v) is 2.62. The minimum absolute atomic E-state index is 0.129. The molecule has 0 aliphatic carbocycles. The van der Waals surface area contributed by atoms with Gasteiger partial charge in [0.1, 0.15) is 0 Å². The van der Waals surface area contributed by atoms with E-state index in [0.717, 1.165) is 5.56 Å². The zero-order chi connectivity index (χ0) is 19.8. The molecule has 0 spiro atoms. The van der Waals surface area contributed by atoms with E-state index < -0.39 is 5.97 Å². The standard InChI is InChI=1S/C20H23NO6/c1-24-16-10-9-15(18(25-2)19(16)26-3)11-17(22)21-12-13-5-7-14(8-6-13)20(23)27-4/h5-10H,11-12H2,1-4H3,(H,21,22). The smallest absolute Gasteiger partial charge is 0.337 e. The second kappa shape index (κ2) is 9.47. The highest BCUT2D eigenvalue weighted by Crippen LogP contribution is 2.39. The molecular weight excluding hydrogens is 350 g/mol. The lowest BCUT2D eigenvalue weighted by molar-refractivity contribution is -0.120. The largest absolute Gasteiger partial charge is 0.493 e. The number of hydrogen-bond donors (Lipinski definition) is 1. The summed E-state index contributed by atoms with van der Waals surface area (Å²) < 4.78 is 20.6.